The number of hydrogen-bond donors (Lipinski definition) is 1. The van der Waals surface area contributed by atoms with Crippen LogP contribution in [0.3, 0.4) is 0 Å². The Bertz CT molecular complexity index is 955. The van der Waals surface area contributed by atoms with Crippen LogP contribution in [0.25, 0.3) is 22.4 Å². The van der Waals surface area contributed by atoms with Crippen LogP contribution in [0, 0.1) is 0 Å². The summed E-state index contributed by atoms with van der Waals surface area (Å²) in [4.78, 5) is 20.0. The maximum absolute atomic E-state index is 12.4. The second kappa shape index (κ2) is 5.86. The lowest BCUT2D eigenvalue weighted by Crippen LogP contribution is -2.20. The third kappa shape index (κ3) is 2.51. The highest BCUT2D eigenvalue weighted by atomic mass is 16.5. The van der Waals surface area contributed by atoms with E-state index in [0.717, 1.165) is 48.2 Å². The molecule has 1 aromatic carbocycles. The van der Waals surface area contributed by atoms with Crippen LogP contribution in [-0.4, -0.2) is 19.7 Å². The normalized spacial score (nSPS) is 19.4. The van der Waals surface area contributed by atoms with Crippen LogP contribution in [0.5, 0.6) is 0 Å². The van der Waals surface area contributed by atoms with Gasteiger partial charge in [-0.25, -0.2) is 4.79 Å². The van der Waals surface area contributed by atoms with Crippen molar-refractivity contribution in [3.8, 4) is 11.4 Å². The average Bonchev–Trinajstić information content (AvgIpc) is 3.38. The van der Waals surface area contributed by atoms with Crippen molar-refractivity contribution < 1.29 is 4.52 Å². The van der Waals surface area contributed by atoms with Crippen molar-refractivity contribution in [2.24, 2.45) is 0 Å². The first kappa shape index (κ1) is 14.9. The summed E-state index contributed by atoms with van der Waals surface area (Å²) in [5.74, 6) is 1.77. The van der Waals surface area contributed by atoms with E-state index in [0.29, 0.717) is 17.8 Å². The molecule has 2 heterocycles. The summed E-state index contributed by atoms with van der Waals surface area (Å²) < 4.78 is 7.41. The predicted molar refractivity (Wildman–Crippen MR) is 94.6 cm³/mol. The molecule has 25 heavy (non-hydrogen) atoms. The molecule has 1 N–H and O–H groups in total. The van der Waals surface area contributed by atoms with Crippen molar-refractivity contribution in [3.63, 3.8) is 0 Å². The van der Waals surface area contributed by atoms with E-state index in [-0.39, 0.29) is 5.69 Å². The molecule has 0 amide bonds. The molecule has 2 saturated carbocycles. The molecule has 0 aliphatic heterocycles. The number of rotatable bonds is 3. The number of imidazole rings is 1. The number of aromatic amines is 1. The van der Waals surface area contributed by atoms with Gasteiger partial charge >= 0.3 is 5.69 Å². The van der Waals surface area contributed by atoms with Gasteiger partial charge in [-0.3, -0.25) is 4.57 Å². The van der Waals surface area contributed by atoms with Crippen LogP contribution in [0.1, 0.15) is 69.2 Å². The summed E-state index contributed by atoms with van der Waals surface area (Å²) in [5.41, 5.74) is 2.70. The fraction of sp³-hybridized carbons (Fsp3) is 0.526. The Balaban J connectivity index is 1.51. The van der Waals surface area contributed by atoms with Gasteiger partial charge in [0.1, 0.15) is 0 Å². The SMILES string of the molecule is O=c1[nH]c2cc(-c3noc(C4CCCC4)n3)ccc2n1C1CCCC1. The van der Waals surface area contributed by atoms with E-state index < -0.39 is 0 Å². The van der Waals surface area contributed by atoms with Gasteiger partial charge in [-0.1, -0.05) is 30.8 Å². The highest BCUT2D eigenvalue weighted by Crippen LogP contribution is 2.34. The zero-order valence-corrected chi connectivity index (χ0v) is 14.2. The van der Waals surface area contributed by atoms with Crippen LogP contribution >= 0.6 is 0 Å². The molecule has 5 rings (SSSR count). The lowest BCUT2D eigenvalue weighted by molar-refractivity contribution is 0.354. The van der Waals surface area contributed by atoms with Crippen LogP contribution < -0.4 is 5.69 Å². The molecule has 6 nitrogen and oxygen atoms in total. The molecule has 0 spiro atoms. The summed E-state index contributed by atoms with van der Waals surface area (Å²) in [6, 6.07) is 6.29. The quantitative estimate of drug-likeness (QED) is 0.778. The number of fused-ring (bicyclic) bond motifs is 1. The molecule has 0 radical (unpaired) electrons. The third-order valence-electron chi connectivity index (χ3n) is 5.81. The standard InChI is InChI=1S/C19H22N4O2/c24-19-20-15-11-13(9-10-16(15)23(19)14-7-3-4-8-14)17-21-18(25-22-17)12-5-1-2-6-12/h9-12,14H,1-8H2,(H,20,24). The molecule has 2 fully saturated rings. The Hall–Kier alpha value is -2.37. The Morgan fingerprint density at radius 1 is 1.08 bits per heavy atom. The molecular formula is C19H22N4O2. The Morgan fingerprint density at radius 2 is 1.84 bits per heavy atom. The molecule has 0 bridgehead atoms. The maximum atomic E-state index is 12.4. The van der Waals surface area contributed by atoms with Gasteiger partial charge in [-0.2, -0.15) is 4.98 Å². The van der Waals surface area contributed by atoms with E-state index in [4.69, 9.17) is 4.52 Å². The van der Waals surface area contributed by atoms with Gasteiger partial charge in [0.2, 0.25) is 11.7 Å². The summed E-state index contributed by atoms with van der Waals surface area (Å²) in [5, 5.41) is 4.16. The van der Waals surface area contributed by atoms with E-state index in [1.165, 1.54) is 25.7 Å². The van der Waals surface area contributed by atoms with Crippen molar-refractivity contribution in [3.05, 3.63) is 34.6 Å². The fourth-order valence-electron chi connectivity index (χ4n) is 4.49. The molecule has 2 aromatic heterocycles. The lowest BCUT2D eigenvalue weighted by atomic mass is 10.1. The van der Waals surface area contributed by atoms with E-state index in [9.17, 15) is 4.79 Å². The predicted octanol–water partition coefficient (Wildman–Crippen LogP) is 4.15. The molecule has 0 atom stereocenters. The Kier molecular flexibility index (Phi) is 3.50. The topological polar surface area (TPSA) is 76.7 Å². The molecule has 2 aliphatic rings. The molecule has 3 aromatic rings. The third-order valence-corrected chi connectivity index (χ3v) is 5.81. The van der Waals surface area contributed by atoms with Crippen molar-refractivity contribution >= 4 is 11.0 Å². The van der Waals surface area contributed by atoms with Gasteiger partial charge in [0.05, 0.1) is 11.0 Å². The van der Waals surface area contributed by atoms with Gasteiger partial charge < -0.3 is 9.51 Å². The molecule has 130 valence electrons. The summed E-state index contributed by atoms with van der Waals surface area (Å²) in [7, 11) is 0. The molecule has 0 saturated heterocycles. The minimum absolute atomic E-state index is 0.0150. The molecule has 6 heteroatoms. The number of nitrogens with zero attached hydrogens (tertiary/aromatic N) is 3. The highest BCUT2D eigenvalue weighted by molar-refractivity contribution is 5.80. The highest BCUT2D eigenvalue weighted by Gasteiger charge is 2.24. The molecule has 0 unspecified atom stereocenters. The molecule has 2 aliphatic carbocycles. The van der Waals surface area contributed by atoms with Crippen molar-refractivity contribution in [1.29, 1.82) is 0 Å². The summed E-state index contributed by atoms with van der Waals surface area (Å²) in [6.07, 6.45) is 9.34. The monoisotopic (exact) mass is 338 g/mol. The minimum atomic E-state index is -0.0150. The van der Waals surface area contributed by atoms with Crippen LogP contribution in [0.2, 0.25) is 0 Å². The second-order valence-corrected chi connectivity index (χ2v) is 7.41. The zero-order valence-electron chi connectivity index (χ0n) is 14.2. The first-order valence-electron chi connectivity index (χ1n) is 9.38. The maximum Gasteiger partial charge on any atom is 0.326 e. The van der Waals surface area contributed by atoms with Crippen molar-refractivity contribution in [2.75, 3.05) is 0 Å². The number of H-pyrrole nitrogens is 1. The average molecular weight is 338 g/mol. The van der Waals surface area contributed by atoms with E-state index >= 15 is 0 Å². The lowest BCUT2D eigenvalue weighted by Gasteiger charge is -2.11. The fourth-order valence-corrected chi connectivity index (χ4v) is 4.49. The minimum Gasteiger partial charge on any atom is -0.339 e. The van der Waals surface area contributed by atoms with Crippen LogP contribution in [0.4, 0.5) is 0 Å². The molecular weight excluding hydrogens is 316 g/mol. The van der Waals surface area contributed by atoms with Gasteiger partial charge in [-0.05, 0) is 43.9 Å². The van der Waals surface area contributed by atoms with Crippen molar-refractivity contribution in [2.45, 2.75) is 63.3 Å². The van der Waals surface area contributed by atoms with E-state index in [1.54, 1.807) is 0 Å². The first-order valence-corrected chi connectivity index (χ1v) is 9.38. The van der Waals surface area contributed by atoms with Gasteiger partial charge in [0.15, 0.2) is 0 Å². The van der Waals surface area contributed by atoms with Gasteiger partial charge in [0, 0.05) is 17.5 Å². The number of aromatic nitrogens is 4. The van der Waals surface area contributed by atoms with Crippen LogP contribution in [-0.2, 0) is 0 Å². The van der Waals surface area contributed by atoms with E-state index in [1.807, 2.05) is 22.8 Å². The largest absolute Gasteiger partial charge is 0.339 e. The van der Waals surface area contributed by atoms with Gasteiger partial charge in [0.25, 0.3) is 0 Å². The summed E-state index contributed by atoms with van der Waals surface area (Å²) in [6.45, 7) is 0. The van der Waals surface area contributed by atoms with E-state index in [2.05, 4.69) is 15.1 Å². The summed E-state index contributed by atoms with van der Waals surface area (Å²) >= 11 is 0. The first-order chi connectivity index (χ1) is 12.3. The van der Waals surface area contributed by atoms with Crippen LogP contribution in [0.15, 0.2) is 27.5 Å². The number of nitrogens with one attached hydrogen (secondary N) is 1. The second-order valence-electron chi connectivity index (χ2n) is 7.41. The van der Waals surface area contributed by atoms with Gasteiger partial charge in [-0.15, -0.1) is 0 Å². The Morgan fingerprint density at radius 3 is 2.64 bits per heavy atom. The number of hydrogen-bond acceptors (Lipinski definition) is 4. The Labute approximate surface area is 145 Å². The smallest absolute Gasteiger partial charge is 0.326 e. The van der Waals surface area contributed by atoms with Crippen molar-refractivity contribution in [1.82, 2.24) is 19.7 Å². The number of benzene rings is 1. The zero-order chi connectivity index (χ0) is 16.8.